The lowest BCUT2D eigenvalue weighted by atomic mass is 10.1. The lowest BCUT2D eigenvalue weighted by Crippen LogP contribution is -2.30. The molecule has 0 atom stereocenters. The summed E-state index contributed by atoms with van der Waals surface area (Å²) in [5.41, 5.74) is 3.21. The molecule has 4 amide bonds. The van der Waals surface area contributed by atoms with Crippen molar-refractivity contribution in [2.75, 3.05) is 11.9 Å². The maximum Gasteiger partial charge on any atom is 0.324 e. The highest BCUT2D eigenvalue weighted by atomic mass is 16.2. The number of nitrogens with one attached hydrogen (secondary N) is 2. The summed E-state index contributed by atoms with van der Waals surface area (Å²) in [6.45, 7) is 2.08. The average Bonchev–Trinajstić information content (AvgIpc) is 2.94. The van der Waals surface area contributed by atoms with Gasteiger partial charge in [-0.15, -0.1) is 0 Å². The maximum absolute atomic E-state index is 12.2. The van der Waals surface area contributed by atoms with Crippen LogP contribution in [0.25, 0.3) is 5.57 Å². The van der Waals surface area contributed by atoms with E-state index in [4.69, 9.17) is 0 Å². The zero-order valence-electron chi connectivity index (χ0n) is 14.4. The van der Waals surface area contributed by atoms with Gasteiger partial charge in [0.1, 0.15) is 0 Å². The van der Waals surface area contributed by atoms with Crippen molar-refractivity contribution < 1.29 is 14.4 Å². The van der Waals surface area contributed by atoms with Gasteiger partial charge in [-0.1, -0.05) is 42.5 Å². The summed E-state index contributed by atoms with van der Waals surface area (Å²) in [6, 6.07) is 16.3. The SMILES string of the molecule is C/C(=C\C(=O)Nc1cccc(CN2C(=O)CNC2=O)c1)c1ccccc1. The Kier molecular flexibility index (Phi) is 5.12. The smallest absolute Gasteiger partial charge is 0.324 e. The second-order valence-electron chi connectivity index (χ2n) is 6.02. The van der Waals surface area contributed by atoms with Crippen LogP contribution in [-0.2, 0) is 16.1 Å². The number of hydrogen-bond acceptors (Lipinski definition) is 3. The average molecular weight is 349 g/mol. The number of amides is 4. The molecular formula is C20H19N3O3. The minimum atomic E-state index is -0.397. The third-order valence-corrected chi connectivity index (χ3v) is 4.05. The van der Waals surface area contributed by atoms with E-state index < -0.39 is 6.03 Å². The van der Waals surface area contributed by atoms with Crippen LogP contribution in [0, 0.1) is 0 Å². The molecule has 0 radical (unpaired) electrons. The largest absolute Gasteiger partial charge is 0.329 e. The van der Waals surface area contributed by atoms with Gasteiger partial charge in [0.25, 0.3) is 0 Å². The summed E-state index contributed by atoms with van der Waals surface area (Å²) in [4.78, 5) is 36.7. The van der Waals surface area contributed by atoms with Gasteiger partial charge in [0.15, 0.2) is 0 Å². The van der Waals surface area contributed by atoms with Crippen molar-refractivity contribution in [1.29, 1.82) is 0 Å². The number of hydrogen-bond donors (Lipinski definition) is 2. The highest BCUT2D eigenvalue weighted by molar-refractivity contribution is 6.04. The molecule has 0 aromatic heterocycles. The van der Waals surface area contributed by atoms with E-state index in [9.17, 15) is 14.4 Å². The van der Waals surface area contributed by atoms with E-state index >= 15 is 0 Å². The number of carbonyl (C=O) groups is 3. The van der Waals surface area contributed by atoms with Crippen LogP contribution in [0.5, 0.6) is 0 Å². The van der Waals surface area contributed by atoms with E-state index in [-0.39, 0.29) is 24.9 Å². The topological polar surface area (TPSA) is 78.5 Å². The predicted molar refractivity (Wildman–Crippen MR) is 99.1 cm³/mol. The van der Waals surface area contributed by atoms with Gasteiger partial charge in [-0.25, -0.2) is 4.79 Å². The number of urea groups is 1. The lowest BCUT2D eigenvalue weighted by Gasteiger charge is -2.13. The molecule has 2 aromatic rings. The van der Waals surface area contributed by atoms with Gasteiger partial charge >= 0.3 is 6.03 Å². The molecule has 1 aliphatic rings. The molecule has 2 N–H and O–H groups in total. The first-order valence-corrected chi connectivity index (χ1v) is 8.25. The van der Waals surface area contributed by atoms with Crippen molar-refractivity contribution in [3.8, 4) is 0 Å². The Morgan fingerprint density at radius 1 is 1.15 bits per heavy atom. The fourth-order valence-corrected chi connectivity index (χ4v) is 2.70. The zero-order valence-corrected chi connectivity index (χ0v) is 14.4. The van der Waals surface area contributed by atoms with Crippen LogP contribution in [-0.4, -0.2) is 29.3 Å². The normalized spacial score (nSPS) is 14.3. The van der Waals surface area contributed by atoms with Crippen LogP contribution in [0.1, 0.15) is 18.1 Å². The monoisotopic (exact) mass is 349 g/mol. The van der Waals surface area contributed by atoms with Gasteiger partial charge in [0.2, 0.25) is 11.8 Å². The summed E-state index contributed by atoms with van der Waals surface area (Å²) < 4.78 is 0. The van der Waals surface area contributed by atoms with E-state index in [0.717, 1.165) is 21.6 Å². The third-order valence-electron chi connectivity index (χ3n) is 4.05. The van der Waals surface area contributed by atoms with Crippen molar-refractivity contribution >= 4 is 29.1 Å². The Labute approximate surface area is 151 Å². The molecule has 0 aliphatic carbocycles. The number of anilines is 1. The molecule has 1 fully saturated rings. The van der Waals surface area contributed by atoms with E-state index in [2.05, 4.69) is 10.6 Å². The van der Waals surface area contributed by atoms with Crippen LogP contribution < -0.4 is 10.6 Å². The molecule has 26 heavy (non-hydrogen) atoms. The molecule has 132 valence electrons. The molecule has 0 spiro atoms. The second kappa shape index (κ2) is 7.65. The van der Waals surface area contributed by atoms with Crippen LogP contribution >= 0.6 is 0 Å². The Morgan fingerprint density at radius 3 is 2.62 bits per heavy atom. The molecule has 3 rings (SSSR count). The highest BCUT2D eigenvalue weighted by Crippen LogP contribution is 2.16. The van der Waals surface area contributed by atoms with Gasteiger partial charge in [-0.2, -0.15) is 0 Å². The number of imide groups is 1. The summed E-state index contributed by atoms with van der Waals surface area (Å²) >= 11 is 0. The van der Waals surface area contributed by atoms with Crippen LogP contribution in [0.2, 0.25) is 0 Å². The molecule has 2 aromatic carbocycles. The molecule has 0 saturated carbocycles. The molecule has 6 nitrogen and oxygen atoms in total. The highest BCUT2D eigenvalue weighted by Gasteiger charge is 2.28. The Balaban J connectivity index is 1.68. The number of carbonyl (C=O) groups excluding carboxylic acids is 3. The minimum absolute atomic E-state index is 0.0266. The molecular weight excluding hydrogens is 330 g/mol. The van der Waals surface area contributed by atoms with Crippen LogP contribution in [0.3, 0.4) is 0 Å². The fourth-order valence-electron chi connectivity index (χ4n) is 2.70. The van der Waals surface area contributed by atoms with Gasteiger partial charge in [0, 0.05) is 11.8 Å². The van der Waals surface area contributed by atoms with E-state index in [1.165, 1.54) is 0 Å². The first-order valence-electron chi connectivity index (χ1n) is 8.25. The maximum atomic E-state index is 12.2. The molecule has 1 heterocycles. The molecule has 1 saturated heterocycles. The summed E-state index contributed by atoms with van der Waals surface area (Å²) in [5, 5.41) is 5.29. The van der Waals surface area contributed by atoms with Gasteiger partial charge in [-0.3, -0.25) is 14.5 Å². The van der Waals surface area contributed by atoms with Gasteiger partial charge in [0.05, 0.1) is 13.1 Å². The first kappa shape index (κ1) is 17.4. The lowest BCUT2D eigenvalue weighted by molar-refractivity contribution is -0.125. The molecule has 0 bridgehead atoms. The van der Waals surface area contributed by atoms with Gasteiger partial charge in [-0.05, 0) is 35.8 Å². The minimum Gasteiger partial charge on any atom is -0.329 e. The van der Waals surface area contributed by atoms with Crippen molar-refractivity contribution in [2.24, 2.45) is 0 Å². The molecule has 0 unspecified atom stereocenters. The Morgan fingerprint density at radius 2 is 1.92 bits per heavy atom. The van der Waals surface area contributed by atoms with Crippen molar-refractivity contribution in [1.82, 2.24) is 10.2 Å². The zero-order chi connectivity index (χ0) is 18.5. The fraction of sp³-hybridized carbons (Fsp3) is 0.150. The summed E-state index contributed by atoms with van der Waals surface area (Å²) in [5.74, 6) is -0.496. The van der Waals surface area contributed by atoms with E-state index in [1.54, 1.807) is 30.3 Å². The van der Waals surface area contributed by atoms with Gasteiger partial charge < -0.3 is 10.6 Å². The first-order chi connectivity index (χ1) is 12.5. The number of nitrogens with zero attached hydrogens (tertiary/aromatic N) is 1. The standard InChI is InChI=1S/C20H19N3O3/c1-14(16-7-3-2-4-8-16)10-18(24)22-17-9-5-6-15(11-17)13-23-19(25)12-21-20(23)26/h2-11H,12-13H2,1H3,(H,21,26)(H,22,24)/b14-10+. The number of benzene rings is 2. The Hall–Kier alpha value is -3.41. The Bertz CT molecular complexity index is 859. The third kappa shape index (κ3) is 4.16. The predicted octanol–water partition coefficient (Wildman–Crippen LogP) is 2.78. The molecule has 6 heteroatoms. The van der Waals surface area contributed by atoms with E-state index in [1.807, 2.05) is 37.3 Å². The van der Waals surface area contributed by atoms with Crippen molar-refractivity contribution in [3.05, 3.63) is 71.8 Å². The van der Waals surface area contributed by atoms with Crippen molar-refractivity contribution in [2.45, 2.75) is 13.5 Å². The van der Waals surface area contributed by atoms with Crippen molar-refractivity contribution in [3.63, 3.8) is 0 Å². The number of rotatable bonds is 5. The van der Waals surface area contributed by atoms with Crippen LogP contribution in [0.4, 0.5) is 10.5 Å². The quantitative estimate of drug-likeness (QED) is 0.643. The second-order valence-corrected chi connectivity index (χ2v) is 6.02. The summed E-state index contributed by atoms with van der Waals surface area (Å²) in [7, 11) is 0. The van der Waals surface area contributed by atoms with Crippen LogP contribution in [0.15, 0.2) is 60.7 Å². The summed E-state index contributed by atoms with van der Waals surface area (Å²) in [6.07, 6.45) is 1.54. The van der Waals surface area contributed by atoms with E-state index in [0.29, 0.717) is 5.69 Å². The number of allylic oxidation sites excluding steroid dienone is 1. The molecule has 1 aliphatic heterocycles.